The third kappa shape index (κ3) is 3.51. The highest BCUT2D eigenvalue weighted by atomic mass is 32.2. The van der Waals surface area contributed by atoms with Crippen LogP contribution in [0.5, 0.6) is 0 Å². The number of pyridine rings is 1. The smallest absolute Gasteiger partial charge is 0.0968 e. The van der Waals surface area contributed by atoms with Gasteiger partial charge in [0.25, 0.3) is 0 Å². The van der Waals surface area contributed by atoms with Crippen molar-refractivity contribution in [3.05, 3.63) is 23.4 Å². The van der Waals surface area contributed by atoms with Crippen molar-refractivity contribution in [3.8, 4) is 0 Å². The minimum absolute atomic E-state index is 0.395. The van der Waals surface area contributed by atoms with Crippen molar-refractivity contribution in [1.29, 1.82) is 0 Å². The molecule has 2 nitrogen and oxygen atoms in total. The Hall–Kier alpha value is -0.540. The maximum absolute atomic E-state index is 4.68. The fourth-order valence-electron chi connectivity index (χ4n) is 3.11. The summed E-state index contributed by atoms with van der Waals surface area (Å²) >= 11 is 1.96. The highest BCUT2D eigenvalue weighted by Gasteiger charge is 2.41. The first-order chi connectivity index (χ1) is 8.92. The molecule has 1 fully saturated rings. The molecule has 0 spiro atoms. The van der Waals surface area contributed by atoms with Crippen LogP contribution in [0.25, 0.3) is 0 Å². The van der Waals surface area contributed by atoms with Crippen LogP contribution in [0.3, 0.4) is 0 Å². The summed E-state index contributed by atoms with van der Waals surface area (Å²) in [6.07, 6.45) is 2.58. The van der Waals surface area contributed by atoms with Crippen molar-refractivity contribution in [2.75, 3.05) is 6.54 Å². The lowest BCUT2D eigenvalue weighted by atomic mass is 9.87. The number of thioether (sulfide) groups is 1. The zero-order valence-electron chi connectivity index (χ0n) is 12.8. The SMILES string of the molecule is CCNC1C(Sc2cc(C)cc(C)n2)CCC1(C)C. The number of nitrogens with zero attached hydrogens (tertiary/aromatic N) is 1. The number of hydrogen-bond acceptors (Lipinski definition) is 3. The van der Waals surface area contributed by atoms with E-state index in [9.17, 15) is 0 Å². The second kappa shape index (κ2) is 5.84. The lowest BCUT2D eigenvalue weighted by Gasteiger charge is -2.31. The summed E-state index contributed by atoms with van der Waals surface area (Å²) in [5.41, 5.74) is 2.83. The summed E-state index contributed by atoms with van der Waals surface area (Å²) in [7, 11) is 0. The Kier molecular flexibility index (Phi) is 4.57. The minimum atomic E-state index is 0.395. The lowest BCUT2D eigenvalue weighted by Crippen LogP contribution is -2.43. The largest absolute Gasteiger partial charge is 0.313 e. The van der Waals surface area contributed by atoms with Crippen molar-refractivity contribution >= 4 is 11.8 Å². The van der Waals surface area contributed by atoms with Crippen LogP contribution in [0.4, 0.5) is 0 Å². The van der Waals surface area contributed by atoms with Crippen LogP contribution in [-0.4, -0.2) is 22.8 Å². The van der Waals surface area contributed by atoms with E-state index in [0.29, 0.717) is 16.7 Å². The topological polar surface area (TPSA) is 24.9 Å². The molecule has 1 heterocycles. The fourth-order valence-corrected chi connectivity index (χ4v) is 4.71. The summed E-state index contributed by atoms with van der Waals surface area (Å²) in [5, 5.41) is 5.51. The van der Waals surface area contributed by atoms with Crippen molar-refractivity contribution < 1.29 is 0 Å². The third-order valence-corrected chi connectivity index (χ3v) is 5.32. The Labute approximate surface area is 121 Å². The van der Waals surface area contributed by atoms with E-state index in [4.69, 9.17) is 0 Å². The molecule has 1 aromatic rings. The van der Waals surface area contributed by atoms with Crippen LogP contribution in [0.2, 0.25) is 0 Å². The molecule has 3 heteroatoms. The number of aromatic nitrogens is 1. The molecule has 0 saturated heterocycles. The van der Waals surface area contributed by atoms with Gasteiger partial charge in [0.15, 0.2) is 0 Å². The normalized spacial score (nSPS) is 25.7. The van der Waals surface area contributed by atoms with Gasteiger partial charge < -0.3 is 5.32 Å². The Bertz CT molecular complexity index is 422. The van der Waals surface area contributed by atoms with Gasteiger partial charge in [-0.3, -0.25) is 0 Å². The van der Waals surface area contributed by atoms with Crippen molar-refractivity contribution in [3.63, 3.8) is 0 Å². The number of rotatable bonds is 4. The molecule has 0 radical (unpaired) electrons. The molecule has 1 saturated carbocycles. The maximum atomic E-state index is 4.68. The van der Waals surface area contributed by atoms with Crippen LogP contribution in [-0.2, 0) is 0 Å². The molecular formula is C16H26N2S. The molecule has 2 atom stereocenters. The molecule has 0 bridgehead atoms. The van der Waals surface area contributed by atoms with Crippen LogP contribution >= 0.6 is 11.8 Å². The molecule has 1 aliphatic carbocycles. The molecule has 1 aliphatic rings. The second-order valence-electron chi connectivity index (χ2n) is 6.34. The van der Waals surface area contributed by atoms with Crippen LogP contribution in [0.15, 0.2) is 17.2 Å². The van der Waals surface area contributed by atoms with E-state index in [1.54, 1.807) is 0 Å². The van der Waals surface area contributed by atoms with Crippen LogP contribution in [0.1, 0.15) is 44.9 Å². The van der Waals surface area contributed by atoms with Gasteiger partial charge in [-0.2, -0.15) is 0 Å². The van der Waals surface area contributed by atoms with Gasteiger partial charge in [0.05, 0.1) is 5.03 Å². The highest BCUT2D eigenvalue weighted by Crippen LogP contribution is 2.44. The maximum Gasteiger partial charge on any atom is 0.0968 e. The zero-order chi connectivity index (χ0) is 14.0. The molecule has 19 heavy (non-hydrogen) atoms. The van der Waals surface area contributed by atoms with Gasteiger partial charge in [0.1, 0.15) is 0 Å². The Balaban J connectivity index is 2.13. The van der Waals surface area contributed by atoms with Gasteiger partial charge in [-0.1, -0.05) is 20.8 Å². The lowest BCUT2D eigenvalue weighted by molar-refractivity contribution is 0.290. The molecule has 2 rings (SSSR count). The van der Waals surface area contributed by atoms with E-state index in [-0.39, 0.29) is 0 Å². The third-order valence-electron chi connectivity index (χ3n) is 4.06. The van der Waals surface area contributed by atoms with Crippen molar-refractivity contribution in [2.24, 2.45) is 5.41 Å². The molecule has 1 N–H and O–H groups in total. The average molecular weight is 278 g/mol. The first kappa shape index (κ1) is 14.9. The standard InChI is InChI=1S/C16H26N2S/c1-6-17-15-13(7-8-16(15,4)5)19-14-10-11(2)9-12(3)18-14/h9-10,13,15,17H,6-8H2,1-5H3. The van der Waals surface area contributed by atoms with E-state index < -0.39 is 0 Å². The highest BCUT2D eigenvalue weighted by molar-refractivity contribution is 7.99. The molecule has 0 aromatic carbocycles. The summed E-state index contributed by atoms with van der Waals surface area (Å²) in [6, 6.07) is 4.95. The van der Waals surface area contributed by atoms with Gasteiger partial charge >= 0.3 is 0 Å². The minimum Gasteiger partial charge on any atom is -0.313 e. The van der Waals surface area contributed by atoms with E-state index in [2.05, 4.69) is 57.1 Å². The molecule has 2 unspecified atom stereocenters. The summed E-state index contributed by atoms with van der Waals surface area (Å²) in [4.78, 5) is 4.68. The monoisotopic (exact) mass is 278 g/mol. The summed E-state index contributed by atoms with van der Waals surface area (Å²) in [5.74, 6) is 0. The summed E-state index contributed by atoms with van der Waals surface area (Å²) < 4.78 is 0. The number of nitrogens with one attached hydrogen (secondary N) is 1. The predicted molar refractivity (Wildman–Crippen MR) is 83.8 cm³/mol. The van der Waals surface area contributed by atoms with Gasteiger partial charge in [-0.05, 0) is 56.3 Å². The average Bonchev–Trinajstić information content (AvgIpc) is 2.55. The van der Waals surface area contributed by atoms with Crippen LogP contribution in [0, 0.1) is 19.3 Å². The van der Waals surface area contributed by atoms with Crippen molar-refractivity contribution in [2.45, 2.75) is 63.8 Å². The number of hydrogen-bond donors (Lipinski definition) is 1. The number of aryl methyl sites for hydroxylation is 2. The molecule has 106 valence electrons. The van der Waals surface area contributed by atoms with Crippen LogP contribution < -0.4 is 5.32 Å². The van der Waals surface area contributed by atoms with Gasteiger partial charge in [0, 0.05) is 17.0 Å². The van der Waals surface area contributed by atoms with Gasteiger partial charge in [-0.25, -0.2) is 4.98 Å². The fraction of sp³-hybridized carbons (Fsp3) is 0.688. The zero-order valence-corrected chi connectivity index (χ0v) is 13.6. The Morgan fingerprint density at radius 3 is 2.74 bits per heavy atom. The molecule has 1 aromatic heterocycles. The second-order valence-corrected chi connectivity index (χ2v) is 7.60. The molecule has 0 aliphatic heterocycles. The quantitative estimate of drug-likeness (QED) is 0.902. The van der Waals surface area contributed by atoms with E-state index in [1.165, 1.54) is 23.4 Å². The van der Waals surface area contributed by atoms with E-state index in [1.807, 2.05) is 11.8 Å². The molecular weight excluding hydrogens is 252 g/mol. The molecule has 0 amide bonds. The predicted octanol–water partition coefficient (Wildman–Crippen LogP) is 3.96. The van der Waals surface area contributed by atoms with Gasteiger partial charge in [0.2, 0.25) is 0 Å². The van der Waals surface area contributed by atoms with Crippen molar-refractivity contribution in [1.82, 2.24) is 10.3 Å². The van der Waals surface area contributed by atoms with Gasteiger partial charge in [-0.15, -0.1) is 11.8 Å². The first-order valence-corrected chi connectivity index (χ1v) is 8.15. The van der Waals surface area contributed by atoms with E-state index in [0.717, 1.165) is 12.2 Å². The Morgan fingerprint density at radius 2 is 2.11 bits per heavy atom. The van der Waals surface area contributed by atoms with E-state index >= 15 is 0 Å². The first-order valence-electron chi connectivity index (χ1n) is 7.27. The Morgan fingerprint density at radius 1 is 1.37 bits per heavy atom. The summed E-state index contributed by atoms with van der Waals surface area (Å²) in [6.45, 7) is 12.2.